The third-order valence-corrected chi connectivity index (χ3v) is 4.71. The number of aromatic nitrogens is 2. The molecule has 0 spiro atoms. The van der Waals surface area contributed by atoms with Crippen molar-refractivity contribution in [2.75, 3.05) is 5.73 Å². The number of carbonyl (C=O) groups excluding carboxylic acids is 1. The maximum Gasteiger partial charge on any atom is 0.419 e. The highest BCUT2D eigenvalue weighted by Gasteiger charge is 2.25. The monoisotopic (exact) mass is 453 g/mol. The summed E-state index contributed by atoms with van der Waals surface area (Å²) >= 11 is 3.43. The van der Waals surface area contributed by atoms with Crippen LogP contribution in [-0.4, -0.2) is 21.2 Å². The van der Waals surface area contributed by atoms with Crippen LogP contribution in [0.3, 0.4) is 0 Å². The fourth-order valence-electron chi connectivity index (χ4n) is 3.02. The van der Waals surface area contributed by atoms with Gasteiger partial charge < -0.3 is 15.5 Å². The van der Waals surface area contributed by atoms with Gasteiger partial charge in [-0.2, -0.15) is 10.5 Å². The average Bonchev–Trinajstić information content (AvgIpc) is 2.97. The smallest absolute Gasteiger partial charge is 0.419 e. The predicted octanol–water partition coefficient (Wildman–Crippen LogP) is 3.87. The second kappa shape index (κ2) is 7.12. The Hall–Kier alpha value is -3.56. The number of halogens is 1. The molecule has 0 fully saturated rings. The van der Waals surface area contributed by atoms with Crippen molar-refractivity contribution < 1.29 is 9.53 Å². The van der Waals surface area contributed by atoms with Crippen molar-refractivity contribution in [2.45, 2.75) is 26.4 Å². The van der Waals surface area contributed by atoms with Crippen LogP contribution in [0.15, 0.2) is 33.7 Å². The first-order valence-electron chi connectivity index (χ1n) is 8.48. The van der Waals surface area contributed by atoms with Crippen molar-refractivity contribution >= 4 is 38.7 Å². The van der Waals surface area contributed by atoms with Crippen LogP contribution >= 0.6 is 15.9 Å². The number of ether oxygens (including phenoxy) is 1. The molecule has 29 heavy (non-hydrogen) atoms. The van der Waals surface area contributed by atoms with Crippen LogP contribution in [0.25, 0.3) is 22.0 Å². The predicted molar refractivity (Wildman–Crippen MR) is 111 cm³/mol. The van der Waals surface area contributed by atoms with Gasteiger partial charge in [-0.3, -0.25) is 9.36 Å². The number of rotatable bonds is 1. The maximum atomic E-state index is 12.6. The molecule has 2 aromatic heterocycles. The third-order valence-electron chi connectivity index (χ3n) is 4.11. The van der Waals surface area contributed by atoms with Crippen LogP contribution in [0.5, 0.6) is 0 Å². The number of fused-ring (bicyclic) bond motifs is 1. The quantitative estimate of drug-likeness (QED) is 0.573. The molecule has 3 N–H and O–H groups in total. The van der Waals surface area contributed by atoms with E-state index in [-0.39, 0.29) is 22.5 Å². The molecule has 0 radical (unpaired) electrons. The van der Waals surface area contributed by atoms with Crippen LogP contribution < -0.4 is 11.3 Å². The van der Waals surface area contributed by atoms with Crippen molar-refractivity contribution in [1.82, 2.24) is 9.55 Å². The molecule has 0 aliphatic heterocycles. The number of nitrogens with one attached hydrogen (secondary N) is 1. The highest BCUT2D eigenvalue weighted by Crippen LogP contribution is 2.38. The van der Waals surface area contributed by atoms with Gasteiger partial charge in [-0.1, -0.05) is 12.1 Å². The van der Waals surface area contributed by atoms with E-state index in [1.165, 1.54) is 10.8 Å². The molecule has 0 aliphatic carbocycles. The van der Waals surface area contributed by atoms with Gasteiger partial charge in [-0.05, 0) is 48.3 Å². The molecule has 1 aromatic carbocycles. The molecule has 3 rings (SSSR count). The van der Waals surface area contributed by atoms with E-state index in [1.54, 1.807) is 39.0 Å². The standard InChI is InChI=1S/C20H16BrN5O3/c1-20(2,3)29-19(28)26-9-13(21)16-10(5-4-6-14(16)26)15-11(7-22)17(24)25-18(27)12(15)8-23/h4-6,9H,1-3H3,(H3,24,25,27). The third kappa shape index (κ3) is 3.48. The van der Waals surface area contributed by atoms with E-state index >= 15 is 0 Å². The summed E-state index contributed by atoms with van der Waals surface area (Å²) in [7, 11) is 0. The first-order chi connectivity index (χ1) is 13.6. The maximum absolute atomic E-state index is 12.6. The molecular formula is C20H16BrN5O3. The molecule has 8 nitrogen and oxygen atoms in total. The summed E-state index contributed by atoms with van der Waals surface area (Å²) in [5.41, 5.74) is 5.19. The fraction of sp³-hybridized carbons (Fsp3) is 0.200. The second-order valence-electron chi connectivity index (χ2n) is 7.24. The lowest BCUT2D eigenvalue weighted by atomic mass is 9.94. The summed E-state index contributed by atoms with van der Waals surface area (Å²) in [6.45, 7) is 5.28. The summed E-state index contributed by atoms with van der Waals surface area (Å²) < 4.78 is 7.29. The number of pyridine rings is 1. The zero-order valence-electron chi connectivity index (χ0n) is 15.8. The molecule has 146 valence electrons. The number of hydrogen-bond donors (Lipinski definition) is 2. The van der Waals surface area contributed by atoms with Crippen molar-refractivity contribution in [3.05, 3.63) is 50.3 Å². The number of carbonyl (C=O) groups is 1. The van der Waals surface area contributed by atoms with Gasteiger partial charge in [0, 0.05) is 21.6 Å². The van der Waals surface area contributed by atoms with Gasteiger partial charge in [0.05, 0.1) is 5.52 Å². The van der Waals surface area contributed by atoms with Gasteiger partial charge in [-0.15, -0.1) is 0 Å². The highest BCUT2D eigenvalue weighted by atomic mass is 79.9. The van der Waals surface area contributed by atoms with Gasteiger partial charge in [0.2, 0.25) is 0 Å². The number of aromatic amines is 1. The summed E-state index contributed by atoms with van der Waals surface area (Å²) in [5.74, 6) is -0.133. The lowest BCUT2D eigenvalue weighted by molar-refractivity contribution is 0.0544. The fourth-order valence-corrected chi connectivity index (χ4v) is 3.64. The minimum Gasteiger partial charge on any atom is -0.443 e. The summed E-state index contributed by atoms with van der Waals surface area (Å²) in [6.07, 6.45) is 0.952. The Morgan fingerprint density at radius 2 is 1.90 bits per heavy atom. The van der Waals surface area contributed by atoms with Crippen LogP contribution in [0, 0.1) is 22.7 Å². The molecule has 0 amide bonds. The van der Waals surface area contributed by atoms with E-state index in [2.05, 4.69) is 20.9 Å². The summed E-state index contributed by atoms with van der Waals surface area (Å²) in [4.78, 5) is 27.2. The number of nitrogens with two attached hydrogens (primary N) is 1. The van der Waals surface area contributed by atoms with E-state index in [0.29, 0.717) is 20.9 Å². The zero-order chi connectivity index (χ0) is 21.5. The topological polar surface area (TPSA) is 138 Å². The molecule has 0 saturated carbocycles. The van der Waals surface area contributed by atoms with Crippen LogP contribution in [-0.2, 0) is 4.74 Å². The Balaban J connectivity index is 2.39. The van der Waals surface area contributed by atoms with Crippen LogP contribution in [0.1, 0.15) is 31.9 Å². The van der Waals surface area contributed by atoms with Gasteiger partial charge in [0.15, 0.2) is 0 Å². The molecular weight excluding hydrogens is 438 g/mol. The van der Waals surface area contributed by atoms with Crippen LogP contribution in [0.4, 0.5) is 10.6 Å². The molecule has 9 heteroatoms. The zero-order valence-corrected chi connectivity index (χ0v) is 17.4. The summed E-state index contributed by atoms with van der Waals surface area (Å²) in [6, 6.07) is 8.80. The Morgan fingerprint density at radius 1 is 1.24 bits per heavy atom. The first-order valence-corrected chi connectivity index (χ1v) is 9.27. The lowest BCUT2D eigenvalue weighted by Crippen LogP contribution is -2.26. The van der Waals surface area contributed by atoms with Gasteiger partial charge in [0.1, 0.15) is 34.7 Å². The molecule has 3 aromatic rings. The Morgan fingerprint density at radius 3 is 2.48 bits per heavy atom. The number of nitrogen functional groups attached to an aromatic ring is 1. The average molecular weight is 454 g/mol. The lowest BCUT2D eigenvalue weighted by Gasteiger charge is -2.19. The van der Waals surface area contributed by atoms with Gasteiger partial charge >= 0.3 is 6.09 Å². The largest absolute Gasteiger partial charge is 0.443 e. The second-order valence-corrected chi connectivity index (χ2v) is 8.10. The number of nitriles is 2. The minimum atomic E-state index is -0.696. The molecule has 0 unspecified atom stereocenters. The Labute approximate surface area is 174 Å². The van der Waals surface area contributed by atoms with Crippen molar-refractivity contribution in [3.63, 3.8) is 0 Å². The first kappa shape index (κ1) is 20.2. The van der Waals surface area contributed by atoms with Gasteiger partial charge in [-0.25, -0.2) is 4.79 Å². The number of nitrogens with zero attached hydrogens (tertiary/aromatic N) is 3. The number of hydrogen-bond acceptors (Lipinski definition) is 6. The highest BCUT2D eigenvalue weighted by molar-refractivity contribution is 9.10. The van der Waals surface area contributed by atoms with Gasteiger partial charge in [0.25, 0.3) is 5.56 Å². The van der Waals surface area contributed by atoms with E-state index in [1.807, 2.05) is 12.1 Å². The van der Waals surface area contributed by atoms with E-state index < -0.39 is 17.3 Å². The Kier molecular flexibility index (Phi) is 4.95. The van der Waals surface area contributed by atoms with Crippen LogP contribution in [0.2, 0.25) is 0 Å². The number of benzene rings is 1. The molecule has 2 heterocycles. The normalized spacial score (nSPS) is 11.1. The number of H-pyrrole nitrogens is 1. The van der Waals surface area contributed by atoms with E-state index in [4.69, 9.17) is 10.5 Å². The Bertz CT molecular complexity index is 1300. The summed E-state index contributed by atoms with van der Waals surface area (Å²) in [5, 5.41) is 19.6. The van der Waals surface area contributed by atoms with Crippen molar-refractivity contribution in [3.8, 4) is 23.3 Å². The van der Waals surface area contributed by atoms with E-state index in [9.17, 15) is 20.1 Å². The molecule has 0 atom stereocenters. The molecule has 0 bridgehead atoms. The number of anilines is 1. The molecule has 0 saturated heterocycles. The van der Waals surface area contributed by atoms with E-state index in [0.717, 1.165) is 0 Å². The SMILES string of the molecule is CC(C)(C)OC(=O)n1cc(Br)c2c(-c3c(C#N)c(N)[nH]c(=O)c3C#N)cccc21. The van der Waals surface area contributed by atoms with Crippen molar-refractivity contribution in [2.24, 2.45) is 0 Å². The minimum absolute atomic E-state index is 0.0226. The molecule has 0 aliphatic rings. The van der Waals surface area contributed by atoms with Crippen molar-refractivity contribution in [1.29, 1.82) is 10.5 Å².